The van der Waals surface area contributed by atoms with Gasteiger partial charge in [-0.3, -0.25) is 9.59 Å². The lowest BCUT2D eigenvalue weighted by atomic mass is 9.76. The molecule has 1 saturated heterocycles. The number of amides is 2. The number of hydrogen-bond acceptors (Lipinski definition) is 4. The van der Waals surface area contributed by atoms with Crippen molar-refractivity contribution in [2.45, 2.75) is 37.2 Å². The van der Waals surface area contributed by atoms with E-state index in [1.54, 1.807) is 13.1 Å². The number of carbonyl (C=O) groups excluding carboxylic acids is 2. The van der Waals surface area contributed by atoms with E-state index in [4.69, 9.17) is 9.15 Å². The Hall–Kier alpha value is -2.76. The minimum atomic E-state index is -0.319. The summed E-state index contributed by atoms with van der Waals surface area (Å²) in [5.41, 5.74) is 1.36. The summed E-state index contributed by atoms with van der Waals surface area (Å²) in [5, 5.41) is 2.73. The molecular weight excluding hydrogens is 344 g/mol. The molecular formula is C21H24N2O4. The van der Waals surface area contributed by atoms with E-state index in [0.29, 0.717) is 25.1 Å². The Morgan fingerprint density at radius 1 is 1.22 bits per heavy atom. The van der Waals surface area contributed by atoms with Crippen LogP contribution in [0.1, 0.15) is 47.5 Å². The number of likely N-dealkylation sites (tertiary alicyclic amines) is 1. The van der Waals surface area contributed by atoms with Crippen LogP contribution >= 0.6 is 0 Å². The van der Waals surface area contributed by atoms with E-state index < -0.39 is 0 Å². The minimum Gasteiger partial charge on any atom is -0.487 e. The zero-order valence-electron chi connectivity index (χ0n) is 15.4. The van der Waals surface area contributed by atoms with Gasteiger partial charge in [-0.05, 0) is 24.1 Å². The summed E-state index contributed by atoms with van der Waals surface area (Å²) >= 11 is 0. The van der Waals surface area contributed by atoms with Crippen molar-refractivity contribution in [2.24, 2.45) is 0 Å². The van der Waals surface area contributed by atoms with Crippen LogP contribution in [0.2, 0.25) is 0 Å². The molecule has 2 aliphatic rings. The topological polar surface area (TPSA) is 71.8 Å². The third-order valence-electron chi connectivity index (χ3n) is 5.74. The van der Waals surface area contributed by atoms with E-state index in [2.05, 4.69) is 5.32 Å². The number of furan rings is 1. The maximum Gasteiger partial charge on any atom is 0.257 e. The number of fused-ring (bicyclic) bond motifs is 1. The SMILES string of the molecule is CNC(=O)C[C@H]1CC2(CCN(C(=O)c3ccoc3)CC2)Oc2ccccc21. The quantitative estimate of drug-likeness (QED) is 0.904. The zero-order valence-corrected chi connectivity index (χ0v) is 15.4. The van der Waals surface area contributed by atoms with Crippen molar-refractivity contribution in [3.63, 3.8) is 0 Å². The fourth-order valence-corrected chi connectivity index (χ4v) is 4.24. The van der Waals surface area contributed by atoms with Crippen molar-refractivity contribution in [1.82, 2.24) is 10.2 Å². The van der Waals surface area contributed by atoms with Crippen LogP contribution in [0.3, 0.4) is 0 Å². The van der Waals surface area contributed by atoms with Gasteiger partial charge in [0.25, 0.3) is 5.91 Å². The lowest BCUT2D eigenvalue weighted by Gasteiger charge is -2.46. The molecule has 2 aliphatic heterocycles. The Bertz CT molecular complexity index is 822. The Kier molecular flexibility index (Phi) is 4.64. The summed E-state index contributed by atoms with van der Waals surface area (Å²) in [4.78, 5) is 26.4. The Labute approximate surface area is 158 Å². The van der Waals surface area contributed by atoms with Crippen molar-refractivity contribution in [2.75, 3.05) is 20.1 Å². The van der Waals surface area contributed by atoms with Gasteiger partial charge in [0.2, 0.25) is 5.91 Å². The van der Waals surface area contributed by atoms with Crippen LogP contribution < -0.4 is 10.1 Å². The van der Waals surface area contributed by atoms with Gasteiger partial charge in [0.1, 0.15) is 17.6 Å². The maximum absolute atomic E-state index is 12.6. The molecule has 1 fully saturated rings. The molecule has 2 aromatic rings. The van der Waals surface area contributed by atoms with Gasteiger partial charge in [0.15, 0.2) is 0 Å². The van der Waals surface area contributed by atoms with Crippen LogP contribution in [0, 0.1) is 0 Å². The number of piperidine rings is 1. The number of rotatable bonds is 3. The number of nitrogens with zero attached hydrogens (tertiary/aromatic N) is 1. The van der Waals surface area contributed by atoms with E-state index in [9.17, 15) is 9.59 Å². The van der Waals surface area contributed by atoms with Gasteiger partial charge in [0.05, 0.1) is 11.8 Å². The van der Waals surface area contributed by atoms with E-state index in [0.717, 1.165) is 30.6 Å². The lowest BCUT2D eigenvalue weighted by molar-refractivity contribution is -0.121. The van der Waals surface area contributed by atoms with E-state index >= 15 is 0 Å². The normalized spacial score (nSPS) is 20.6. The standard InChI is InChI=1S/C21H24N2O4/c1-22-19(24)12-16-13-21(27-18-5-3-2-4-17(16)18)7-9-23(10-8-21)20(25)15-6-11-26-14-15/h2-6,11,14,16H,7-10,12-13H2,1H3,(H,22,24)/t16-/m0/s1. The molecule has 4 rings (SSSR count). The van der Waals surface area contributed by atoms with Crippen LogP contribution in [0.15, 0.2) is 47.3 Å². The third-order valence-corrected chi connectivity index (χ3v) is 5.74. The second kappa shape index (κ2) is 7.10. The van der Waals surface area contributed by atoms with Gasteiger partial charge >= 0.3 is 0 Å². The van der Waals surface area contributed by atoms with Gasteiger partial charge in [-0.1, -0.05) is 18.2 Å². The molecule has 0 saturated carbocycles. The summed E-state index contributed by atoms with van der Waals surface area (Å²) in [6.07, 6.45) is 5.77. The van der Waals surface area contributed by atoms with Crippen LogP contribution in [-0.4, -0.2) is 42.5 Å². The molecule has 0 aliphatic carbocycles. The first-order valence-corrected chi connectivity index (χ1v) is 9.40. The van der Waals surface area contributed by atoms with Crippen LogP contribution in [0.25, 0.3) is 0 Å². The molecule has 1 aromatic heterocycles. The van der Waals surface area contributed by atoms with Crippen molar-refractivity contribution >= 4 is 11.8 Å². The molecule has 142 valence electrons. The van der Waals surface area contributed by atoms with Gasteiger partial charge < -0.3 is 19.4 Å². The van der Waals surface area contributed by atoms with Gasteiger partial charge in [-0.15, -0.1) is 0 Å². The molecule has 1 atom stereocenters. The number of hydrogen-bond donors (Lipinski definition) is 1. The Morgan fingerprint density at radius 3 is 2.70 bits per heavy atom. The smallest absolute Gasteiger partial charge is 0.257 e. The van der Waals surface area contributed by atoms with Crippen molar-refractivity contribution in [1.29, 1.82) is 0 Å². The predicted octanol–water partition coefficient (Wildman–Crippen LogP) is 2.96. The Morgan fingerprint density at radius 2 is 2.00 bits per heavy atom. The van der Waals surface area contributed by atoms with Crippen molar-refractivity contribution in [3.05, 3.63) is 54.0 Å². The maximum atomic E-state index is 12.6. The molecule has 1 spiro atoms. The Balaban J connectivity index is 1.51. The number of carbonyl (C=O) groups is 2. The van der Waals surface area contributed by atoms with E-state index in [1.165, 1.54) is 12.5 Å². The van der Waals surface area contributed by atoms with E-state index in [-0.39, 0.29) is 23.3 Å². The van der Waals surface area contributed by atoms with E-state index in [1.807, 2.05) is 29.2 Å². The summed E-state index contributed by atoms with van der Waals surface area (Å²) in [6.45, 7) is 1.28. The molecule has 6 heteroatoms. The molecule has 1 N–H and O–H groups in total. The number of para-hydroxylation sites is 1. The van der Waals surface area contributed by atoms with Gasteiger partial charge in [-0.25, -0.2) is 0 Å². The highest BCUT2D eigenvalue weighted by Gasteiger charge is 2.44. The average molecular weight is 368 g/mol. The summed E-state index contributed by atoms with van der Waals surface area (Å²) < 4.78 is 11.5. The third kappa shape index (κ3) is 3.44. The largest absolute Gasteiger partial charge is 0.487 e. The van der Waals surface area contributed by atoms with Crippen molar-refractivity contribution in [3.8, 4) is 5.75 Å². The molecule has 0 radical (unpaired) electrons. The first kappa shape index (κ1) is 17.6. The summed E-state index contributed by atoms with van der Waals surface area (Å²) in [6, 6.07) is 9.68. The first-order chi connectivity index (χ1) is 13.1. The zero-order chi connectivity index (χ0) is 18.9. The highest BCUT2D eigenvalue weighted by Crippen LogP contribution is 2.46. The monoisotopic (exact) mass is 368 g/mol. The fourth-order valence-electron chi connectivity index (χ4n) is 4.24. The van der Waals surface area contributed by atoms with Crippen LogP contribution in [0.4, 0.5) is 0 Å². The molecule has 1 aromatic carbocycles. The fraction of sp³-hybridized carbons (Fsp3) is 0.429. The summed E-state index contributed by atoms with van der Waals surface area (Å²) in [5.74, 6) is 1.04. The molecule has 3 heterocycles. The van der Waals surface area contributed by atoms with Gasteiger partial charge in [0, 0.05) is 45.3 Å². The molecule has 0 bridgehead atoms. The first-order valence-electron chi connectivity index (χ1n) is 9.40. The second-order valence-electron chi connectivity index (χ2n) is 7.41. The lowest BCUT2D eigenvalue weighted by Crippen LogP contribution is -2.52. The van der Waals surface area contributed by atoms with Crippen LogP contribution in [-0.2, 0) is 4.79 Å². The van der Waals surface area contributed by atoms with Crippen LogP contribution in [0.5, 0.6) is 5.75 Å². The number of ether oxygens (including phenoxy) is 1. The average Bonchev–Trinajstić information content (AvgIpc) is 3.23. The van der Waals surface area contributed by atoms with Crippen molar-refractivity contribution < 1.29 is 18.7 Å². The predicted molar refractivity (Wildman–Crippen MR) is 99.7 cm³/mol. The van der Waals surface area contributed by atoms with Gasteiger partial charge in [-0.2, -0.15) is 0 Å². The molecule has 27 heavy (non-hydrogen) atoms. The molecule has 0 unspecified atom stereocenters. The number of nitrogens with one attached hydrogen (secondary N) is 1. The highest BCUT2D eigenvalue weighted by molar-refractivity contribution is 5.93. The number of benzene rings is 1. The molecule has 6 nitrogen and oxygen atoms in total. The molecule has 2 amide bonds. The summed E-state index contributed by atoms with van der Waals surface area (Å²) in [7, 11) is 1.67. The minimum absolute atomic E-state index is 0.00304. The highest BCUT2D eigenvalue weighted by atomic mass is 16.5. The second-order valence-corrected chi connectivity index (χ2v) is 7.41.